The van der Waals surface area contributed by atoms with Crippen molar-refractivity contribution < 1.29 is 25.2 Å². The molecule has 0 aliphatic heterocycles. The monoisotopic (exact) mass is 462 g/mol. The highest BCUT2D eigenvalue weighted by Crippen LogP contribution is 2.37. The first-order valence-electron chi connectivity index (χ1n) is 11.4. The lowest BCUT2D eigenvalue weighted by molar-refractivity contribution is -0.115. The van der Waals surface area contributed by atoms with E-state index in [1.54, 1.807) is 23.9 Å². The van der Waals surface area contributed by atoms with Crippen molar-refractivity contribution in [2.24, 2.45) is 5.92 Å². The summed E-state index contributed by atoms with van der Waals surface area (Å²) < 4.78 is 7.51. The summed E-state index contributed by atoms with van der Waals surface area (Å²) in [5, 5.41) is 38.6. The summed E-state index contributed by atoms with van der Waals surface area (Å²) in [5.74, 6) is 7.66. The largest absolute Gasteiger partial charge is 0.493 e. The van der Waals surface area contributed by atoms with E-state index in [0.29, 0.717) is 25.3 Å². The van der Waals surface area contributed by atoms with Crippen molar-refractivity contribution in [2.75, 3.05) is 19.8 Å². The van der Waals surface area contributed by atoms with Crippen LogP contribution in [-0.2, 0) is 0 Å². The minimum Gasteiger partial charge on any atom is -0.493 e. The number of imidazole rings is 1. The van der Waals surface area contributed by atoms with Gasteiger partial charge in [-0.1, -0.05) is 36.1 Å². The molecule has 1 aliphatic carbocycles. The van der Waals surface area contributed by atoms with E-state index in [1.165, 1.54) is 0 Å². The van der Waals surface area contributed by atoms with Gasteiger partial charge < -0.3 is 29.7 Å². The Morgan fingerprint density at radius 2 is 1.74 bits per heavy atom. The molecule has 2 atom stereocenters. The van der Waals surface area contributed by atoms with E-state index in [4.69, 9.17) is 9.84 Å². The quantitative estimate of drug-likeness (QED) is 0.384. The predicted octanol–water partition coefficient (Wildman–Crippen LogP) is 2.70. The molecule has 34 heavy (non-hydrogen) atoms. The minimum atomic E-state index is -0.923. The molecule has 1 aromatic heterocycles. The number of aliphatic hydroxyl groups is 4. The molecule has 0 unspecified atom stereocenters. The van der Waals surface area contributed by atoms with Gasteiger partial charge in [0.2, 0.25) is 0 Å². The molecule has 7 nitrogen and oxygen atoms in total. The molecule has 0 amide bonds. The maximum atomic E-state index is 9.88. The maximum Gasteiger partial charge on any atom is 0.138 e. The second kappa shape index (κ2) is 10.4. The molecule has 0 saturated heterocycles. The van der Waals surface area contributed by atoms with Crippen LogP contribution in [0.15, 0.2) is 60.9 Å². The van der Waals surface area contributed by atoms with Gasteiger partial charge in [-0.25, -0.2) is 4.98 Å². The summed E-state index contributed by atoms with van der Waals surface area (Å²) in [4.78, 5) is 4.13. The standard InChI is InChI=1S/C27H30N2O5/c1-19(32)26-28-12-13-29(26)24(16-30)9-4-20-2-5-22(6-3-20)23-7-10-25(11-8-23)34-17-21-14-27(33,15-21)18-31/h2-3,5-8,10-13,19,21,24,30-33H,14-18H2,1H3/t19-,21?,24-,27?/m0/s1. The summed E-state index contributed by atoms with van der Waals surface area (Å²) in [6.07, 6.45) is 3.68. The molecular formula is C27H30N2O5. The minimum absolute atomic E-state index is 0.182. The normalized spacial score (nSPS) is 21.1. The summed E-state index contributed by atoms with van der Waals surface area (Å²) >= 11 is 0. The SMILES string of the molecule is C[C@H](O)c1nccn1[C@@H](C#Cc1ccc(-c2ccc(OCC3CC(O)(CO)C3)cc2)cc1)CO. The molecule has 1 saturated carbocycles. The lowest BCUT2D eigenvalue weighted by atomic mass is 9.72. The third-order valence-electron chi connectivity index (χ3n) is 6.15. The van der Waals surface area contributed by atoms with Gasteiger partial charge >= 0.3 is 0 Å². The number of aliphatic hydroxyl groups excluding tert-OH is 3. The first-order valence-corrected chi connectivity index (χ1v) is 11.4. The maximum absolute atomic E-state index is 9.88. The summed E-state index contributed by atoms with van der Waals surface area (Å²) in [7, 11) is 0. The smallest absolute Gasteiger partial charge is 0.138 e. The van der Waals surface area contributed by atoms with Crippen molar-refractivity contribution in [3.8, 4) is 28.7 Å². The van der Waals surface area contributed by atoms with Gasteiger partial charge in [-0.15, -0.1) is 0 Å². The summed E-state index contributed by atoms with van der Waals surface area (Å²) in [6.45, 7) is 1.78. The third-order valence-corrected chi connectivity index (χ3v) is 6.15. The van der Waals surface area contributed by atoms with Crippen molar-refractivity contribution in [2.45, 2.75) is 37.5 Å². The predicted molar refractivity (Wildman–Crippen MR) is 128 cm³/mol. The van der Waals surface area contributed by atoms with Crippen LogP contribution in [0.3, 0.4) is 0 Å². The third kappa shape index (κ3) is 5.49. The lowest BCUT2D eigenvalue weighted by Gasteiger charge is -2.42. The molecule has 1 fully saturated rings. The first kappa shape index (κ1) is 24.0. The van der Waals surface area contributed by atoms with Gasteiger partial charge in [0.05, 0.1) is 25.4 Å². The Morgan fingerprint density at radius 3 is 2.32 bits per heavy atom. The number of hydrogen-bond donors (Lipinski definition) is 4. The summed E-state index contributed by atoms with van der Waals surface area (Å²) in [5.41, 5.74) is 2.00. The number of ether oxygens (including phenoxy) is 1. The zero-order valence-corrected chi connectivity index (χ0v) is 19.1. The highest BCUT2D eigenvalue weighted by Gasteiger charge is 2.42. The van der Waals surface area contributed by atoms with Crippen LogP contribution < -0.4 is 4.74 Å². The van der Waals surface area contributed by atoms with Crippen LogP contribution in [0.1, 0.15) is 43.3 Å². The molecule has 178 valence electrons. The molecule has 0 bridgehead atoms. The average Bonchev–Trinajstić information content (AvgIpc) is 3.32. The van der Waals surface area contributed by atoms with Gasteiger partial charge in [0.1, 0.15) is 23.7 Å². The molecule has 4 N–H and O–H groups in total. The van der Waals surface area contributed by atoms with Crippen molar-refractivity contribution in [3.05, 3.63) is 72.3 Å². The van der Waals surface area contributed by atoms with E-state index in [2.05, 4.69) is 16.8 Å². The van der Waals surface area contributed by atoms with Gasteiger partial charge in [-0.2, -0.15) is 0 Å². The molecule has 1 aliphatic rings. The molecule has 0 spiro atoms. The van der Waals surface area contributed by atoms with Crippen molar-refractivity contribution in [3.63, 3.8) is 0 Å². The van der Waals surface area contributed by atoms with Crippen molar-refractivity contribution >= 4 is 0 Å². The van der Waals surface area contributed by atoms with Crippen LogP contribution in [0.4, 0.5) is 0 Å². The number of benzene rings is 2. The second-order valence-corrected chi connectivity index (χ2v) is 8.91. The molecule has 3 aromatic rings. The Bertz CT molecular complexity index is 1140. The van der Waals surface area contributed by atoms with Crippen LogP contribution in [0.25, 0.3) is 11.1 Å². The van der Waals surface area contributed by atoms with Crippen LogP contribution in [-0.4, -0.2) is 55.4 Å². The van der Waals surface area contributed by atoms with Gasteiger partial charge in [0.25, 0.3) is 0 Å². The van der Waals surface area contributed by atoms with Gasteiger partial charge in [-0.05, 0) is 61.1 Å². The molecule has 4 rings (SSSR count). The van der Waals surface area contributed by atoms with Gasteiger partial charge in [-0.3, -0.25) is 0 Å². The second-order valence-electron chi connectivity index (χ2n) is 8.91. The van der Waals surface area contributed by atoms with Crippen LogP contribution >= 0.6 is 0 Å². The van der Waals surface area contributed by atoms with Crippen LogP contribution in [0, 0.1) is 17.8 Å². The van der Waals surface area contributed by atoms with E-state index in [9.17, 15) is 15.3 Å². The zero-order chi connectivity index (χ0) is 24.1. The highest BCUT2D eigenvalue weighted by atomic mass is 16.5. The molecule has 1 heterocycles. The van der Waals surface area contributed by atoms with Gasteiger partial charge in [0, 0.05) is 18.0 Å². The van der Waals surface area contributed by atoms with E-state index in [1.807, 2.05) is 48.5 Å². The van der Waals surface area contributed by atoms with E-state index >= 15 is 0 Å². The van der Waals surface area contributed by atoms with Crippen molar-refractivity contribution in [1.29, 1.82) is 0 Å². The fourth-order valence-corrected chi connectivity index (χ4v) is 4.25. The summed E-state index contributed by atoms with van der Waals surface area (Å²) in [6, 6.07) is 15.2. The van der Waals surface area contributed by atoms with Crippen molar-refractivity contribution in [1.82, 2.24) is 9.55 Å². The first-order chi connectivity index (χ1) is 16.4. The Labute approximate surface area is 199 Å². The number of rotatable bonds is 8. The van der Waals surface area contributed by atoms with E-state index in [0.717, 1.165) is 22.4 Å². The van der Waals surface area contributed by atoms with Crippen LogP contribution in [0.5, 0.6) is 5.75 Å². The fourth-order valence-electron chi connectivity index (χ4n) is 4.25. The van der Waals surface area contributed by atoms with E-state index < -0.39 is 17.7 Å². The average molecular weight is 463 g/mol. The highest BCUT2D eigenvalue weighted by molar-refractivity contribution is 5.65. The molecule has 7 heteroatoms. The Hall–Kier alpha value is -3.15. The van der Waals surface area contributed by atoms with E-state index in [-0.39, 0.29) is 19.1 Å². The number of hydrogen-bond acceptors (Lipinski definition) is 6. The molecular weight excluding hydrogens is 432 g/mol. The zero-order valence-electron chi connectivity index (χ0n) is 19.1. The lowest BCUT2D eigenvalue weighted by Crippen LogP contribution is -2.48. The van der Waals surface area contributed by atoms with Crippen LogP contribution in [0.2, 0.25) is 0 Å². The fraction of sp³-hybridized carbons (Fsp3) is 0.370. The number of aromatic nitrogens is 2. The topological polar surface area (TPSA) is 108 Å². The Balaban J connectivity index is 1.36. The Morgan fingerprint density at radius 1 is 1.09 bits per heavy atom. The molecule has 2 aromatic carbocycles. The van der Waals surface area contributed by atoms with Gasteiger partial charge in [0.15, 0.2) is 0 Å². The number of nitrogens with zero attached hydrogens (tertiary/aromatic N) is 2. The Kier molecular flexibility index (Phi) is 7.35. The molecule has 0 radical (unpaired) electrons.